The summed E-state index contributed by atoms with van der Waals surface area (Å²) in [6, 6.07) is 17.3. The molecule has 1 atom stereocenters. The van der Waals surface area contributed by atoms with Crippen LogP contribution in [0.4, 0.5) is 26.0 Å². The maximum atomic E-state index is 14.7. The van der Waals surface area contributed by atoms with Crippen LogP contribution in [0.2, 0.25) is 0 Å². The molecule has 7 heterocycles. The summed E-state index contributed by atoms with van der Waals surface area (Å²) < 4.78 is 33.3. The number of fused-ring (bicyclic) bond motifs is 3. The highest BCUT2D eigenvalue weighted by atomic mass is 19.3. The van der Waals surface area contributed by atoms with Crippen molar-refractivity contribution >= 4 is 40.8 Å². The first-order valence-corrected chi connectivity index (χ1v) is 22.4. The fourth-order valence-electron chi connectivity index (χ4n) is 10.4. The van der Waals surface area contributed by atoms with E-state index in [9.17, 15) is 28.0 Å². The number of carbonyl (C=O) groups excluding carboxylic acids is 4. The van der Waals surface area contributed by atoms with Gasteiger partial charge in [-0.1, -0.05) is 30.3 Å². The second kappa shape index (κ2) is 16.9. The fourth-order valence-corrected chi connectivity index (χ4v) is 10.4. The predicted molar refractivity (Wildman–Crippen MR) is 236 cm³/mol. The number of carbonyl (C=O) groups is 4. The van der Waals surface area contributed by atoms with Crippen molar-refractivity contribution in [1.82, 2.24) is 39.6 Å². The predicted octanol–water partition coefficient (Wildman–Crippen LogP) is 6.42. The van der Waals surface area contributed by atoms with Gasteiger partial charge in [-0.2, -0.15) is 10.2 Å². The molecule has 2 N–H and O–H groups in total. The first-order valence-electron chi connectivity index (χ1n) is 22.4. The standard InChI is InChI=1S/C48H52F2N10O4/c1-29(61)57-20-16-41-39(27-57)46(58-17-4-5-32-21-36(33-24-52-55(2)26-33)37(45(49)50)22-43(32)58)54-60(41)34-14-18-56(19-15-34)25-31-10-8-30(9-11-31)23-51-40-7-3-6-35-38(40)28-59(48(35)64)42-12-13-44(62)53-47(42)63/h3,6-11,21-22,24,26,34,42,45,51H,4-5,12-20,23,25,27-28H2,1-2H3,(H,53,62,63). The Morgan fingerprint density at radius 3 is 2.44 bits per heavy atom. The molecule has 0 bridgehead atoms. The Kier molecular flexibility index (Phi) is 11.0. The molecule has 5 aliphatic heterocycles. The summed E-state index contributed by atoms with van der Waals surface area (Å²) >= 11 is 0. The fraction of sp³-hybridized carbons (Fsp3) is 0.417. The summed E-state index contributed by atoms with van der Waals surface area (Å²) in [6.07, 6.45) is 5.43. The molecule has 64 heavy (non-hydrogen) atoms. The number of imide groups is 1. The quantitative estimate of drug-likeness (QED) is 0.152. The largest absolute Gasteiger partial charge is 0.381 e. The Labute approximate surface area is 370 Å². The zero-order valence-electron chi connectivity index (χ0n) is 36.2. The molecule has 1 unspecified atom stereocenters. The van der Waals surface area contributed by atoms with Crippen LogP contribution in [0.5, 0.6) is 0 Å². The summed E-state index contributed by atoms with van der Waals surface area (Å²) in [6.45, 7) is 6.81. The number of hydrogen-bond acceptors (Lipinski definition) is 9. The van der Waals surface area contributed by atoms with E-state index < -0.39 is 18.4 Å². The van der Waals surface area contributed by atoms with E-state index in [0.717, 1.165) is 90.5 Å². The highest BCUT2D eigenvalue weighted by Gasteiger charge is 2.40. The zero-order chi connectivity index (χ0) is 44.2. The van der Waals surface area contributed by atoms with Crippen molar-refractivity contribution in [2.75, 3.05) is 36.4 Å². The monoisotopic (exact) mass is 870 g/mol. The highest BCUT2D eigenvalue weighted by Crippen LogP contribution is 2.44. The van der Waals surface area contributed by atoms with E-state index in [4.69, 9.17) is 5.10 Å². The average Bonchev–Trinajstić information content (AvgIpc) is 4.00. The molecular weight excluding hydrogens is 819 g/mol. The van der Waals surface area contributed by atoms with Crippen LogP contribution in [-0.4, -0.2) is 90.1 Å². The van der Waals surface area contributed by atoms with Crippen LogP contribution in [-0.2, 0) is 60.5 Å². The Balaban J connectivity index is 0.807. The first-order chi connectivity index (χ1) is 31.0. The number of anilines is 3. The smallest absolute Gasteiger partial charge is 0.264 e. The first kappa shape index (κ1) is 41.6. The number of hydrogen-bond donors (Lipinski definition) is 2. The second-order valence-electron chi connectivity index (χ2n) is 17.8. The molecule has 14 nitrogen and oxygen atoms in total. The number of nitrogens with zero attached hydrogens (tertiary/aromatic N) is 8. The number of aryl methyl sites for hydroxylation is 2. The topological polar surface area (TPSA) is 141 Å². The lowest BCUT2D eigenvalue weighted by Crippen LogP contribution is -2.52. The van der Waals surface area contributed by atoms with Crippen LogP contribution in [0.1, 0.15) is 101 Å². The van der Waals surface area contributed by atoms with E-state index in [2.05, 4.69) is 54.5 Å². The van der Waals surface area contributed by atoms with Gasteiger partial charge in [0.25, 0.3) is 12.3 Å². The molecule has 3 aromatic carbocycles. The summed E-state index contributed by atoms with van der Waals surface area (Å²) in [5, 5.41) is 15.5. The van der Waals surface area contributed by atoms with Crippen LogP contribution in [0, 0.1) is 0 Å². The van der Waals surface area contributed by atoms with Crippen molar-refractivity contribution in [3.8, 4) is 11.1 Å². The number of piperidine rings is 2. The van der Waals surface area contributed by atoms with Crippen molar-refractivity contribution in [3.05, 3.63) is 112 Å². The molecule has 0 radical (unpaired) electrons. The van der Waals surface area contributed by atoms with Crippen molar-refractivity contribution in [3.63, 3.8) is 0 Å². The van der Waals surface area contributed by atoms with Crippen molar-refractivity contribution < 1.29 is 28.0 Å². The van der Waals surface area contributed by atoms with E-state index >= 15 is 0 Å². The Bertz CT molecular complexity index is 2650. The Morgan fingerprint density at radius 2 is 1.70 bits per heavy atom. The Hall–Kier alpha value is -6.42. The van der Waals surface area contributed by atoms with Crippen LogP contribution in [0.3, 0.4) is 0 Å². The number of halogens is 2. The van der Waals surface area contributed by atoms with Crippen LogP contribution < -0.4 is 15.5 Å². The minimum Gasteiger partial charge on any atom is -0.381 e. The highest BCUT2D eigenvalue weighted by molar-refractivity contribution is 6.06. The van der Waals surface area contributed by atoms with E-state index in [1.165, 1.54) is 5.56 Å². The summed E-state index contributed by atoms with van der Waals surface area (Å²) in [5.74, 6) is -0.130. The number of likely N-dealkylation sites (tertiary alicyclic amines) is 1. The molecule has 5 aliphatic rings. The van der Waals surface area contributed by atoms with E-state index in [-0.39, 0.29) is 35.7 Å². The van der Waals surface area contributed by atoms with Gasteiger partial charge in [-0.3, -0.25) is 38.8 Å². The van der Waals surface area contributed by atoms with Gasteiger partial charge in [-0.25, -0.2) is 8.78 Å². The maximum Gasteiger partial charge on any atom is 0.264 e. The summed E-state index contributed by atoms with van der Waals surface area (Å²) in [7, 11) is 1.78. The molecule has 0 aliphatic carbocycles. The third-order valence-electron chi connectivity index (χ3n) is 13.8. The molecule has 2 saturated heterocycles. The zero-order valence-corrected chi connectivity index (χ0v) is 36.2. The van der Waals surface area contributed by atoms with E-state index in [1.54, 1.807) is 48.1 Å². The van der Waals surface area contributed by atoms with E-state index in [0.29, 0.717) is 62.3 Å². The maximum absolute atomic E-state index is 14.7. The summed E-state index contributed by atoms with van der Waals surface area (Å²) in [5.41, 5.74) is 9.69. The van der Waals surface area contributed by atoms with Crippen LogP contribution in [0.25, 0.3) is 11.1 Å². The third-order valence-corrected chi connectivity index (χ3v) is 13.8. The van der Waals surface area contributed by atoms with Gasteiger partial charge in [0.2, 0.25) is 17.7 Å². The number of amides is 4. The normalized spacial score (nSPS) is 19.2. The van der Waals surface area contributed by atoms with Gasteiger partial charge in [0.15, 0.2) is 5.82 Å². The summed E-state index contributed by atoms with van der Waals surface area (Å²) in [4.78, 5) is 58.2. The molecule has 0 spiro atoms. The number of nitrogens with one attached hydrogen (secondary N) is 2. The SMILES string of the molecule is CC(=O)N1CCc2c(c(N3CCCc4cc(-c5cnn(C)c5)c(C(F)F)cc43)nn2C2CCN(Cc3ccc(CNc4cccc5c4CN(C4CCC(=O)NC4=O)C5=O)cc3)CC2)C1. The molecule has 4 amide bonds. The molecule has 5 aromatic rings. The van der Waals surface area contributed by atoms with Crippen molar-refractivity contribution in [1.29, 1.82) is 0 Å². The number of aromatic nitrogens is 4. The lowest BCUT2D eigenvalue weighted by Gasteiger charge is -2.34. The Morgan fingerprint density at radius 1 is 0.906 bits per heavy atom. The van der Waals surface area contributed by atoms with Crippen molar-refractivity contribution in [2.24, 2.45) is 7.05 Å². The number of alkyl halides is 2. The molecular formula is C48H52F2N10O4. The number of rotatable bonds is 10. The number of benzene rings is 3. The van der Waals surface area contributed by atoms with Gasteiger partial charge in [0.1, 0.15) is 6.04 Å². The van der Waals surface area contributed by atoms with Gasteiger partial charge >= 0.3 is 0 Å². The molecule has 0 saturated carbocycles. The molecule has 10 rings (SSSR count). The average molecular weight is 871 g/mol. The van der Waals surface area contributed by atoms with Gasteiger partial charge in [-0.05, 0) is 78.6 Å². The second-order valence-corrected chi connectivity index (χ2v) is 17.8. The van der Waals surface area contributed by atoms with Gasteiger partial charge < -0.3 is 20.0 Å². The van der Waals surface area contributed by atoms with Gasteiger partial charge in [-0.15, -0.1) is 0 Å². The van der Waals surface area contributed by atoms with Crippen LogP contribution in [0.15, 0.2) is 67.0 Å². The van der Waals surface area contributed by atoms with Gasteiger partial charge in [0.05, 0.1) is 18.8 Å². The molecule has 16 heteroatoms. The van der Waals surface area contributed by atoms with Crippen molar-refractivity contribution in [2.45, 2.75) is 96.6 Å². The van der Waals surface area contributed by atoms with E-state index in [1.807, 2.05) is 23.1 Å². The molecule has 2 aromatic heterocycles. The minimum atomic E-state index is -2.66. The molecule has 2 fully saturated rings. The minimum absolute atomic E-state index is 0.0132. The lowest BCUT2D eigenvalue weighted by atomic mass is 9.92. The van der Waals surface area contributed by atoms with Crippen LogP contribution >= 0.6 is 0 Å². The third kappa shape index (κ3) is 7.81. The van der Waals surface area contributed by atoms with Gasteiger partial charge in [0, 0.05) is 124 Å². The lowest BCUT2D eigenvalue weighted by molar-refractivity contribution is -0.137. The molecule has 332 valence electrons.